The minimum atomic E-state index is -1.16. The van der Waals surface area contributed by atoms with Crippen LogP contribution in [0, 0.1) is 6.92 Å². The van der Waals surface area contributed by atoms with E-state index < -0.39 is 24.2 Å². The van der Waals surface area contributed by atoms with Crippen LogP contribution in [0.2, 0.25) is 0 Å². The van der Waals surface area contributed by atoms with Crippen LogP contribution in [-0.4, -0.2) is 42.2 Å². The van der Waals surface area contributed by atoms with Gasteiger partial charge in [0.05, 0.1) is 28.5 Å². The van der Waals surface area contributed by atoms with Crippen molar-refractivity contribution in [3.63, 3.8) is 0 Å². The number of benzene rings is 2. The van der Waals surface area contributed by atoms with Crippen molar-refractivity contribution in [2.24, 2.45) is 0 Å². The molecule has 2 aliphatic rings. The highest BCUT2D eigenvalue weighted by atomic mass is 32.1. The minimum absolute atomic E-state index is 0.205. The molecular weight excluding hydrogens is 481 g/mol. The van der Waals surface area contributed by atoms with E-state index in [0.29, 0.717) is 44.5 Å². The topological polar surface area (TPSA) is 95.6 Å². The average molecular weight is 504 g/mol. The Morgan fingerprint density at radius 3 is 2.72 bits per heavy atom. The van der Waals surface area contributed by atoms with Crippen LogP contribution >= 0.6 is 11.3 Å². The SMILES string of the molecule is Cc1cc(Oc2ccccc2)ccc1N1C(=O)Nc2c(C(=O)N[C@H]3CNC[C@@H]3F)sc3nccc1c23. The number of alkyl halides is 1. The maximum Gasteiger partial charge on any atom is 0.331 e. The first-order valence-corrected chi connectivity index (χ1v) is 12.3. The van der Waals surface area contributed by atoms with Gasteiger partial charge in [-0.25, -0.2) is 14.2 Å². The van der Waals surface area contributed by atoms with Crippen molar-refractivity contribution in [2.45, 2.75) is 19.1 Å². The molecule has 0 saturated carbocycles. The Balaban J connectivity index is 1.35. The molecule has 3 N–H and O–H groups in total. The fourth-order valence-corrected chi connectivity index (χ4v) is 5.60. The summed E-state index contributed by atoms with van der Waals surface area (Å²) in [7, 11) is 0. The number of pyridine rings is 1. The number of para-hydroxylation sites is 1. The number of urea groups is 1. The van der Waals surface area contributed by atoms with Crippen LogP contribution < -0.4 is 25.6 Å². The predicted molar refractivity (Wildman–Crippen MR) is 137 cm³/mol. The molecule has 4 aromatic rings. The summed E-state index contributed by atoms with van der Waals surface area (Å²) in [5.74, 6) is 0.947. The molecule has 10 heteroatoms. The van der Waals surface area contributed by atoms with Gasteiger partial charge in [0.15, 0.2) is 0 Å². The normalized spacial score (nSPS) is 18.8. The molecular formula is C26H22FN5O3S. The maximum absolute atomic E-state index is 14.0. The summed E-state index contributed by atoms with van der Waals surface area (Å²) >= 11 is 1.18. The monoisotopic (exact) mass is 503 g/mol. The number of aromatic nitrogens is 1. The summed E-state index contributed by atoms with van der Waals surface area (Å²) in [6.07, 6.45) is 0.460. The van der Waals surface area contributed by atoms with Crippen molar-refractivity contribution >= 4 is 50.6 Å². The van der Waals surface area contributed by atoms with Gasteiger partial charge in [-0.3, -0.25) is 9.69 Å². The summed E-state index contributed by atoms with van der Waals surface area (Å²) < 4.78 is 20.0. The fourth-order valence-electron chi connectivity index (χ4n) is 4.57. The van der Waals surface area contributed by atoms with E-state index in [1.54, 1.807) is 17.2 Å². The molecule has 2 aliphatic heterocycles. The second-order valence-corrected chi connectivity index (χ2v) is 9.70. The lowest BCUT2D eigenvalue weighted by Crippen LogP contribution is -2.41. The third-order valence-corrected chi connectivity index (χ3v) is 7.39. The third-order valence-electron chi connectivity index (χ3n) is 6.30. The zero-order valence-corrected chi connectivity index (χ0v) is 20.1. The average Bonchev–Trinajstić information content (AvgIpc) is 3.45. The van der Waals surface area contributed by atoms with E-state index in [1.807, 2.05) is 55.5 Å². The van der Waals surface area contributed by atoms with Crippen molar-refractivity contribution in [3.8, 4) is 11.5 Å². The number of ether oxygens (including phenoxy) is 1. The number of halogens is 1. The number of hydrogen-bond acceptors (Lipinski definition) is 6. The summed E-state index contributed by atoms with van der Waals surface area (Å²) in [5, 5.41) is 9.22. The number of amides is 3. The molecule has 0 unspecified atom stereocenters. The number of rotatable bonds is 5. The quantitative estimate of drug-likeness (QED) is 0.351. The Morgan fingerprint density at radius 2 is 1.97 bits per heavy atom. The third kappa shape index (κ3) is 3.84. The lowest BCUT2D eigenvalue weighted by Gasteiger charge is -2.29. The molecule has 0 spiro atoms. The van der Waals surface area contributed by atoms with E-state index in [9.17, 15) is 14.0 Å². The van der Waals surface area contributed by atoms with Gasteiger partial charge >= 0.3 is 6.03 Å². The van der Waals surface area contributed by atoms with Gasteiger partial charge in [-0.15, -0.1) is 11.3 Å². The van der Waals surface area contributed by atoms with Crippen LogP contribution in [0.25, 0.3) is 10.2 Å². The number of carbonyl (C=O) groups is 2. The van der Waals surface area contributed by atoms with Crippen molar-refractivity contribution in [2.75, 3.05) is 23.3 Å². The first kappa shape index (κ1) is 22.4. The van der Waals surface area contributed by atoms with Crippen LogP contribution in [0.3, 0.4) is 0 Å². The lowest BCUT2D eigenvalue weighted by molar-refractivity contribution is 0.0929. The number of nitrogens with zero attached hydrogens (tertiary/aromatic N) is 2. The predicted octanol–water partition coefficient (Wildman–Crippen LogP) is 5.12. The minimum Gasteiger partial charge on any atom is -0.457 e. The standard InChI is InChI=1S/C26H22FN5O3S/c1-14-11-16(35-15-5-3-2-4-6-15)7-8-19(14)32-20-9-10-29-25-21(20)22(31-26(32)34)23(36-25)24(33)30-18-13-28-12-17(18)27/h2-11,17-18,28H,12-13H2,1H3,(H,30,33)(H,31,34)/t17-,18-/m0/s1. The molecule has 36 heavy (non-hydrogen) atoms. The highest BCUT2D eigenvalue weighted by Gasteiger charge is 2.35. The molecule has 4 heterocycles. The van der Waals surface area contributed by atoms with Crippen LogP contribution in [-0.2, 0) is 0 Å². The lowest BCUT2D eigenvalue weighted by atomic mass is 10.1. The zero-order chi connectivity index (χ0) is 24.8. The highest BCUT2D eigenvalue weighted by molar-refractivity contribution is 7.21. The number of anilines is 3. The number of hydrogen-bond donors (Lipinski definition) is 3. The molecule has 1 fully saturated rings. The second-order valence-electron chi connectivity index (χ2n) is 8.70. The number of nitrogens with one attached hydrogen (secondary N) is 3. The van der Waals surface area contributed by atoms with Gasteiger partial charge < -0.3 is 20.7 Å². The van der Waals surface area contributed by atoms with Gasteiger partial charge in [0.25, 0.3) is 5.91 Å². The van der Waals surface area contributed by atoms with Gasteiger partial charge in [-0.05, 0) is 48.9 Å². The van der Waals surface area contributed by atoms with Crippen LogP contribution in [0.1, 0.15) is 15.2 Å². The Hall–Kier alpha value is -4.02. The van der Waals surface area contributed by atoms with Crippen LogP contribution in [0.5, 0.6) is 11.5 Å². The molecule has 0 aliphatic carbocycles. The number of carbonyl (C=O) groups excluding carboxylic acids is 2. The molecule has 2 aromatic heterocycles. The molecule has 2 atom stereocenters. The Labute approximate surface area is 210 Å². The highest BCUT2D eigenvalue weighted by Crippen LogP contribution is 2.46. The summed E-state index contributed by atoms with van der Waals surface area (Å²) in [4.78, 5) is 33.3. The zero-order valence-electron chi connectivity index (χ0n) is 19.2. The van der Waals surface area contributed by atoms with Crippen LogP contribution in [0.15, 0.2) is 60.8 Å². The second kappa shape index (κ2) is 8.89. The van der Waals surface area contributed by atoms with E-state index in [4.69, 9.17) is 4.74 Å². The van der Waals surface area contributed by atoms with Gasteiger partial charge in [-0.1, -0.05) is 18.2 Å². The summed E-state index contributed by atoms with van der Waals surface area (Å²) in [6.45, 7) is 2.47. The van der Waals surface area contributed by atoms with Crippen molar-refractivity contribution in [1.29, 1.82) is 0 Å². The van der Waals surface area contributed by atoms with E-state index in [2.05, 4.69) is 20.9 Å². The van der Waals surface area contributed by atoms with Crippen molar-refractivity contribution in [1.82, 2.24) is 15.6 Å². The first-order chi connectivity index (χ1) is 17.5. The van der Waals surface area contributed by atoms with Crippen molar-refractivity contribution in [3.05, 3.63) is 71.2 Å². The number of thiophene rings is 1. The molecule has 1 saturated heterocycles. The molecule has 8 nitrogen and oxygen atoms in total. The fraction of sp³-hybridized carbons (Fsp3) is 0.192. The molecule has 3 amide bonds. The summed E-state index contributed by atoms with van der Waals surface area (Å²) in [6, 6.07) is 15.7. The van der Waals surface area contributed by atoms with Crippen molar-refractivity contribution < 1.29 is 18.7 Å². The van der Waals surface area contributed by atoms with E-state index in [1.165, 1.54) is 11.3 Å². The van der Waals surface area contributed by atoms with Crippen LogP contribution in [0.4, 0.5) is 26.2 Å². The van der Waals surface area contributed by atoms with Gasteiger partial charge in [-0.2, -0.15) is 0 Å². The Morgan fingerprint density at radius 1 is 1.14 bits per heavy atom. The van der Waals surface area contributed by atoms with E-state index >= 15 is 0 Å². The van der Waals surface area contributed by atoms with Gasteiger partial charge in [0.1, 0.15) is 27.4 Å². The molecule has 2 aromatic carbocycles. The molecule has 0 bridgehead atoms. The van der Waals surface area contributed by atoms with Gasteiger partial charge in [0, 0.05) is 19.3 Å². The van der Waals surface area contributed by atoms with Gasteiger partial charge in [0.2, 0.25) is 0 Å². The number of aryl methyl sites for hydroxylation is 1. The maximum atomic E-state index is 14.0. The Kier molecular flexibility index (Phi) is 5.54. The largest absolute Gasteiger partial charge is 0.457 e. The molecule has 0 radical (unpaired) electrons. The molecule has 182 valence electrons. The van der Waals surface area contributed by atoms with E-state index in [-0.39, 0.29) is 6.54 Å². The molecule has 6 rings (SSSR count). The van der Waals surface area contributed by atoms with E-state index in [0.717, 1.165) is 11.3 Å². The summed E-state index contributed by atoms with van der Waals surface area (Å²) in [5.41, 5.74) is 2.54. The first-order valence-electron chi connectivity index (χ1n) is 11.5. The Bertz CT molecular complexity index is 1490. The smallest absolute Gasteiger partial charge is 0.331 e.